The van der Waals surface area contributed by atoms with Crippen LogP contribution < -0.4 is 5.73 Å². The molecule has 4 nitrogen and oxygen atoms in total. The molecule has 1 unspecified atom stereocenters. The number of fused-ring (bicyclic) bond motifs is 1. The highest BCUT2D eigenvalue weighted by Crippen LogP contribution is 2.34. The Hall–Kier alpha value is -1.42. The average molecular weight is 190 g/mol. The summed E-state index contributed by atoms with van der Waals surface area (Å²) in [4.78, 5) is 10.3. The van der Waals surface area contributed by atoms with Crippen LogP contribution in [0.25, 0.3) is 0 Å². The van der Waals surface area contributed by atoms with Crippen molar-refractivity contribution in [1.82, 2.24) is 5.73 Å². The number of rotatable bonds is 1. The van der Waals surface area contributed by atoms with Crippen LogP contribution in [0.3, 0.4) is 0 Å². The third kappa shape index (κ3) is 1.37. The number of benzene rings is 1. The average Bonchev–Trinajstić information content (AvgIpc) is 2.17. The van der Waals surface area contributed by atoms with Gasteiger partial charge in [0.1, 0.15) is 0 Å². The van der Waals surface area contributed by atoms with Crippen molar-refractivity contribution in [1.29, 1.82) is 0 Å². The van der Waals surface area contributed by atoms with Crippen LogP contribution in [0.15, 0.2) is 18.2 Å². The Kier molecular flexibility index (Phi) is 2.21. The van der Waals surface area contributed by atoms with E-state index in [1.807, 2.05) is 0 Å². The van der Waals surface area contributed by atoms with Crippen LogP contribution in [0.4, 0.5) is 5.69 Å². The van der Waals surface area contributed by atoms with Crippen LogP contribution in [0, 0.1) is 10.1 Å². The number of nitro groups is 1. The molecule has 72 valence electrons. The molecule has 0 aliphatic heterocycles. The van der Waals surface area contributed by atoms with Gasteiger partial charge in [-0.05, 0) is 24.8 Å². The van der Waals surface area contributed by atoms with E-state index in [9.17, 15) is 15.8 Å². The minimum absolute atomic E-state index is 0.140. The minimum Gasteiger partial charge on any atom is -0.258 e. The molecule has 4 heteroatoms. The molecule has 0 saturated heterocycles. The standard InChI is InChI=1S/C10H10N2O2/c11-9-5-1-4-8-7(9)3-2-6-10(8)12(13)14/h2-3,6,9H,1,4-5H2. The van der Waals surface area contributed by atoms with E-state index in [0.717, 1.165) is 12.0 Å². The van der Waals surface area contributed by atoms with Gasteiger partial charge < -0.3 is 0 Å². The van der Waals surface area contributed by atoms with E-state index in [1.165, 1.54) is 6.07 Å². The molecule has 1 atom stereocenters. The topological polar surface area (TPSA) is 65.4 Å². The molecule has 2 rings (SSSR count). The van der Waals surface area contributed by atoms with Crippen molar-refractivity contribution in [3.8, 4) is 0 Å². The quantitative estimate of drug-likeness (QED) is 0.502. The van der Waals surface area contributed by atoms with E-state index in [-0.39, 0.29) is 10.6 Å². The third-order valence-electron chi connectivity index (χ3n) is 2.65. The first-order chi connectivity index (χ1) is 6.70. The van der Waals surface area contributed by atoms with Gasteiger partial charge >= 0.3 is 0 Å². The Balaban J connectivity index is 2.55. The van der Waals surface area contributed by atoms with Crippen molar-refractivity contribution in [3.63, 3.8) is 0 Å². The lowest BCUT2D eigenvalue weighted by Crippen LogP contribution is -2.12. The maximum absolute atomic E-state index is 10.7. The van der Waals surface area contributed by atoms with Crippen LogP contribution in [0.1, 0.15) is 30.0 Å². The second-order valence-electron chi connectivity index (χ2n) is 3.51. The van der Waals surface area contributed by atoms with Crippen molar-refractivity contribution in [2.24, 2.45) is 0 Å². The molecule has 1 aromatic carbocycles. The van der Waals surface area contributed by atoms with Gasteiger partial charge in [-0.2, -0.15) is 0 Å². The molecule has 14 heavy (non-hydrogen) atoms. The van der Waals surface area contributed by atoms with Gasteiger partial charge in [-0.25, -0.2) is 0 Å². The molecule has 0 N–H and O–H groups in total. The Bertz CT molecular complexity index is 376. The van der Waals surface area contributed by atoms with Crippen LogP contribution in [0.2, 0.25) is 0 Å². The van der Waals surface area contributed by atoms with Gasteiger partial charge in [0.05, 0.1) is 11.0 Å². The molecule has 0 amide bonds. The highest BCUT2D eigenvalue weighted by molar-refractivity contribution is 5.47. The molecule has 1 aliphatic carbocycles. The minimum atomic E-state index is -0.529. The van der Waals surface area contributed by atoms with Gasteiger partial charge in [0.25, 0.3) is 5.69 Å². The zero-order chi connectivity index (χ0) is 10.1. The number of nitro benzene ring substituents is 1. The molecular weight excluding hydrogens is 180 g/mol. The maximum atomic E-state index is 10.7. The van der Waals surface area contributed by atoms with Crippen molar-refractivity contribution in [3.05, 3.63) is 39.4 Å². The molecule has 0 aromatic heterocycles. The first-order valence-corrected chi connectivity index (χ1v) is 4.64. The maximum Gasteiger partial charge on any atom is 0.272 e. The summed E-state index contributed by atoms with van der Waals surface area (Å²) >= 11 is 0. The number of hydrogen-bond acceptors (Lipinski definition) is 2. The molecule has 0 fully saturated rings. The van der Waals surface area contributed by atoms with E-state index < -0.39 is 6.04 Å². The fourth-order valence-electron chi connectivity index (χ4n) is 1.98. The van der Waals surface area contributed by atoms with Gasteiger partial charge in [0.2, 0.25) is 0 Å². The second-order valence-corrected chi connectivity index (χ2v) is 3.51. The second kappa shape index (κ2) is 3.38. The van der Waals surface area contributed by atoms with Crippen molar-refractivity contribution >= 4 is 5.69 Å². The lowest BCUT2D eigenvalue weighted by atomic mass is 9.87. The summed E-state index contributed by atoms with van der Waals surface area (Å²) < 4.78 is 0. The van der Waals surface area contributed by atoms with Gasteiger partial charge in [-0.3, -0.25) is 10.1 Å². The molecular formula is C10H10N2O2. The van der Waals surface area contributed by atoms with Crippen LogP contribution in [0.5, 0.6) is 0 Å². The lowest BCUT2D eigenvalue weighted by molar-refractivity contribution is -0.385. The fourth-order valence-corrected chi connectivity index (χ4v) is 1.98. The highest BCUT2D eigenvalue weighted by Gasteiger charge is 2.24. The van der Waals surface area contributed by atoms with Gasteiger partial charge in [-0.15, -0.1) is 5.73 Å². The van der Waals surface area contributed by atoms with Gasteiger partial charge in [-0.1, -0.05) is 12.1 Å². The monoisotopic (exact) mass is 190 g/mol. The molecule has 1 aliphatic rings. The summed E-state index contributed by atoms with van der Waals surface area (Å²) in [5.74, 6) is 0. The van der Waals surface area contributed by atoms with Crippen molar-refractivity contribution < 1.29 is 4.92 Å². The predicted octanol–water partition coefficient (Wildman–Crippen LogP) is 2.04. The number of hydrogen-bond donors (Lipinski definition) is 0. The zero-order valence-electron chi connectivity index (χ0n) is 7.64. The summed E-state index contributed by atoms with van der Waals surface area (Å²) in [6, 6.07) is 4.37. The number of nitrogens with zero attached hydrogens (tertiary/aromatic N) is 2. The Morgan fingerprint density at radius 1 is 1.50 bits per heavy atom. The van der Waals surface area contributed by atoms with Crippen LogP contribution in [-0.2, 0) is 6.42 Å². The SMILES string of the molecule is [N]C1CCCc2c1cccc2[N+](=O)[O-]. The summed E-state index contributed by atoms with van der Waals surface area (Å²) in [7, 11) is 0. The molecule has 0 saturated carbocycles. The van der Waals surface area contributed by atoms with Gasteiger partial charge in [0, 0.05) is 11.6 Å². The largest absolute Gasteiger partial charge is 0.272 e. The zero-order valence-corrected chi connectivity index (χ0v) is 7.64. The summed E-state index contributed by atoms with van der Waals surface area (Å²) in [6.07, 6.45) is 2.22. The smallest absolute Gasteiger partial charge is 0.258 e. The highest BCUT2D eigenvalue weighted by atomic mass is 16.6. The molecule has 2 radical (unpaired) electrons. The predicted molar refractivity (Wildman–Crippen MR) is 50.9 cm³/mol. The van der Waals surface area contributed by atoms with E-state index in [1.54, 1.807) is 12.1 Å². The Morgan fingerprint density at radius 3 is 3.00 bits per heavy atom. The molecule has 1 aromatic rings. The van der Waals surface area contributed by atoms with Crippen molar-refractivity contribution in [2.75, 3.05) is 0 Å². The molecule has 0 bridgehead atoms. The van der Waals surface area contributed by atoms with E-state index >= 15 is 0 Å². The van der Waals surface area contributed by atoms with Crippen LogP contribution in [-0.4, -0.2) is 4.92 Å². The fraction of sp³-hybridized carbons (Fsp3) is 0.400. The molecule has 0 spiro atoms. The third-order valence-corrected chi connectivity index (χ3v) is 2.65. The summed E-state index contributed by atoms with van der Waals surface area (Å²) in [5, 5.41) is 10.7. The normalized spacial score (nSPS) is 20.2. The van der Waals surface area contributed by atoms with E-state index in [0.29, 0.717) is 18.4 Å². The van der Waals surface area contributed by atoms with E-state index in [2.05, 4.69) is 0 Å². The van der Waals surface area contributed by atoms with E-state index in [4.69, 9.17) is 0 Å². The summed E-state index contributed by atoms with van der Waals surface area (Å²) in [6.45, 7) is 0. The van der Waals surface area contributed by atoms with Gasteiger partial charge in [0.15, 0.2) is 0 Å². The van der Waals surface area contributed by atoms with Crippen molar-refractivity contribution in [2.45, 2.75) is 25.3 Å². The summed E-state index contributed by atoms with van der Waals surface area (Å²) in [5.41, 5.74) is 11.2. The first-order valence-electron chi connectivity index (χ1n) is 4.64. The Labute approximate surface area is 81.9 Å². The lowest BCUT2D eigenvalue weighted by Gasteiger charge is -2.19. The Morgan fingerprint density at radius 2 is 2.29 bits per heavy atom. The first kappa shape index (κ1) is 9.15. The van der Waals surface area contributed by atoms with Crippen LogP contribution >= 0.6 is 0 Å². The molecule has 0 heterocycles.